The molecule has 5 nitrogen and oxygen atoms in total. The third kappa shape index (κ3) is 2.78. The third-order valence-electron chi connectivity index (χ3n) is 2.61. The number of anilines is 2. The second-order valence-corrected chi connectivity index (χ2v) is 3.79. The van der Waals surface area contributed by atoms with Gasteiger partial charge in [-0.15, -0.1) is 0 Å². The molecule has 17 heavy (non-hydrogen) atoms. The first kappa shape index (κ1) is 11.9. The number of morpholine rings is 1. The van der Waals surface area contributed by atoms with Crippen molar-refractivity contribution in [2.24, 2.45) is 0 Å². The molecule has 1 saturated heterocycles. The number of nitrogen functional groups attached to an aromatic ring is 1. The van der Waals surface area contributed by atoms with Crippen LogP contribution in [0.2, 0.25) is 0 Å². The van der Waals surface area contributed by atoms with Crippen LogP contribution in [0.4, 0.5) is 15.8 Å². The molecule has 1 aromatic carbocycles. The zero-order chi connectivity index (χ0) is 12.3. The van der Waals surface area contributed by atoms with Gasteiger partial charge in [0.05, 0.1) is 31.7 Å². The van der Waals surface area contributed by atoms with Crippen LogP contribution in [-0.2, 0) is 4.74 Å². The molecule has 0 saturated carbocycles. The van der Waals surface area contributed by atoms with E-state index < -0.39 is 5.82 Å². The summed E-state index contributed by atoms with van der Waals surface area (Å²) in [5.41, 5.74) is 9.25. The predicted molar refractivity (Wildman–Crippen MR) is 63.4 cm³/mol. The van der Waals surface area contributed by atoms with Crippen LogP contribution < -0.4 is 15.9 Å². The normalized spacial score (nSPS) is 16.8. The highest BCUT2D eigenvalue weighted by Gasteiger charge is 2.14. The Bertz CT molecular complexity index is 395. The fourth-order valence-corrected chi connectivity index (χ4v) is 1.68. The Kier molecular flexibility index (Phi) is 3.65. The molecule has 0 radical (unpaired) electrons. The molecule has 1 aromatic rings. The third-order valence-corrected chi connectivity index (χ3v) is 2.61. The molecule has 1 heterocycles. The van der Waals surface area contributed by atoms with E-state index in [2.05, 4.69) is 5.43 Å². The van der Waals surface area contributed by atoms with Crippen molar-refractivity contribution in [2.75, 3.05) is 44.6 Å². The largest absolute Gasteiger partial charge is 0.495 e. The lowest BCUT2D eigenvalue weighted by molar-refractivity contribution is 0.0495. The first-order valence-electron chi connectivity index (χ1n) is 5.43. The van der Waals surface area contributed by atoms with Gasteiger partial charge in [0.1, 0.15) is 11.6 Å². The van der Waals surface area contributed by atoms with E-state index in [-0.39, 0.29) is 5.69 Å². The summed E-state index contributed by atoms with van der Waals surface area (Å²) in [6.45, 7) is 2.71. The van der Waals surface area contributed by atoms with Crippen LogP contribution in [0.15, 0.2) is 12.1 Å². The van der Waals surface area contributed by atoms with Gasteiger partial charge < -0.3 is 20.6 Å². The van der Waals surface area contributed by atoms with Gasteiger partial charge in [0, 0.05) is 25.2 Å². The van der Waals surface area contributed by atoms with Crippen LogP contribution in [0.25, 0.3) is 0 Å². The number of nitrogens with one attached hydrogen (secondary N) is 1. The average Bonchev–Trinajstić information content (AvgIpc) is 2.34. The molecule has 1 fully saturated rings. The fourth-order valence-electron chi connectivity index (χ4n) is 1.68. The molecule has 3 N–H and O–H groups in total. The molecule has 0 aliphatic carbocycles. The van der Waals surface area contributed by atoms with Crippen molar-refractivity contribution in [1.29, 1.82) is 0 Å². The minimum Gasteiger partial charge on any atom is -0.495 e. The van der Waals surface area contributed by atoms with E-state index in [0.29, 0.717) is 37.7 Å². The molecule has 0 amide bonds. The van der Waals surface area contributed by atoms with Crippen molar-refractivity contribution in [2.45, 2.75) is 0 Å². The number of hydrazine groups is 1. The number of methoxy groups -OCH3 is 1. The lowest BCUT2D eigenvalue weighted by Gasteiger charge is -2.28. The SMILES string of the molecule is COc1cc(NN2CCOCC2)c(F)cc1N. The number of halogens is 1. The zero-order valence-corrected chi connectivity index (χ0v) is 9.70. The Morgan fingerprint density at radius 1 is 1.41 bits per heavy atom. The standard InChI is InChI=1S/C11H16FN3O2/c1-16-11-7-10(8(12)6-9(11)13)14-15-2-4-17-5-3-15/h6-7,14H,2-5,13H2,1H3. The molecule has 94 valence electrons. The molecular weight excluding hydrogens is 225 g/mol. The van der Waals surface area contributed by atoms with Crippen LogP contribution in [0.5, 0.6) is 5.75 Å². The summed E-state index contributed by atoms with van der Waals surface area (Å²) < 4.78 is 23.9. The highest BCUT2D eigenvalue weighted by molar-refractivity contribution is 5.62. The van der Waals surface area contributed by atoms with Crippen LogP contribution in [-0.4, -0.2) is 38.4 Å². The number of nitrogens with zero attached hydrogens (tertiary/aromatic N) is 1. The highest BCUT2D eigenvalue weighted by atomic mass is 19.1. The molecule has 0 bridgehead atoms. The molecule has 1 aliphatic heterocycles. The average molecular weight is 241 g/mol. The maximum Gasteiger partial charge on any atom is 0.149 e. The van der Waals surface area contributed by atoms with Crippen molar-refractivity contribution >= 4 is 11.4 Å². The number of hydrogen-bond donors (Lipinski definition) is 2. The zero-order valence-electron chi connectivity index (χ0n) is 9.70. The first-order chi connectivity index (χ1) is 8.20. The number of rotatable bonds is 3. The second-order valence-electron chi connectivity index (χ2n) is 3.79. The molecule has 0 aromatic heterocycles. The maximum absolute atomic E-state index is 13.7. The first-order valence-corrected chi connectivity index (χ1v) is 5.43. The summed E-state index contributed by atoms with van der Waals surface area (Å²) in [5, 5.41) is 1.90. The topological polar surface area (TPSA) is 59.8 Å². The number of benzene rings is 1. The summed E-state index contributed by atoms with van der Waals surface area (Å²) in [6.07, 6.45) is 0. The van der Waals surface area contributed by atoms with Gasteiger partial charge >= 0.3 is 0 Å². The lowest BCUT2D eigenvalue weighted by atomic mass is 10.2. The molecule has 2 rings (SSSR count). The van der Waals surface area contributed by atoms with Gasteiger partial charge in [-0.3, -0.25) is 0 Å². The highest BCUT2D eigenvalue weighted by Crippen LogP contribution is 2.28. The Balaban J connectivity index is 2.13. The van der Waals surface area contributed by atoms with Gasteiger partial charge in [-0.2, -0.15) is 0 Å². The van der Waals surface area contributed by atoms with Gasteiger partial charge in [0.2, 0.25) is 0 Å². The van der Waals surface area contributed by atoms with Crippen LogP contribution in [0.3, 0.4) is 0 Å². The van der Waals surface area contributed by atoms with Gasteiger partial charge in [0.15, 0.2) is 0 Å². The van der Waals surface area contributed by atoms with Crippen molar-refractivity contribution in [1.82, 2.24) is 5.01 Å². The number of ether oxygens (including phenoxy) is 2. The molecule has 1 aliphatic rings. The molecular formula is C11H16FN3O2. The summed E-state index contributed by atoms with van der Waals surface area (Å²) >= 11 is 0. The Morgan fingerprint density at radius 3 is 2.76 bits per heavy atom. The van der Waals surface area contributed by atoms with Gasteiger partial charge in [0.25, 0.3) is 0 Å². The number of nitrogens with two attached hydrogens (primary N) is 1. The fraction of sp³-hybridized carbons (Fsp3) is 0.455. The quantitative estimate of drug-likeness (QED) is 0.775. The van der Waals surface area contributed by atoms with E-state index in [1.165, 1.54) is 13.2 Å². The number of hydrogen-bond acceptors (Lipinski definition) is 5. The van der Waals surface area contributed by atoms with E-state index in [0.717, 1.165) is 0 Å². The van der Waals surface area contributed by atoms with E-state index >= 15 is 0 Å². The monoisotopic (exact) mass is 241 g/mol. The van der Waals surface area contributed by atoms with Crippen molar-refractivity contribution in [3.8, 4) is 5.75 Å². The summed E-state index contributed by atoms with van der Waals surface area (Å²) in [7, 11) is 1.50. The smallest absolute Gasteiger partial charge is 0.149 e. The molecule has 6 heteroatoms. The van der Waals surface area contributed by atoms with Crippen molar-refractivity contribution in [3.05, 3.63) is 17.9 Å². The van der Waals surface area contributed by atoms with Gasteiger partial charge in [-0.25, -0.2) is 9.40 Å². The van der Waals surface area contributed by atoms with E-state index in [1.807, 2.05) is 5.01 Å². The molecule has 0 unspecified atom stereocenters. The minimum absolute atomic E-state index is 0.289. The Hall–Kier alpha value is -1.53. The van der Waals surface area contributed by atoms with E-state index in [1.54, 1.807) is 6.07 Å². The predicted octanol–water partition coefficient (Wildman–Crippen LogP) is 1.08. The van der Waals surface area contributed by atoms with Gasteiger partial charge in [-0.05, 0) is 0 Å². The summed E-state index contributed by atoms with van der Waals surface area (Å²) in [5.74, 6) is 0.0666. The molecule has 0 spiro atoms. The van der Waals surface area contributed by atoms with Crippen LogP contribution in [0, 0.1) is 5.82 Å². The maximum atomic E-state index is 13.7. The van der Waals surface area contributed by atoms with E-state index in [4.69, 9.17) is 15.2 Å². The molecule has 0 atom stereocenters. The van der Waals surface area contributed by atoms with Gasteiger partial charge in [-0.1, -0.05) is 0 Å². The Labute approximate surface area is 99.3 Å². The summed E-state index contributed by atoms with van der Waals surface area (Å²) in [4.78, 5) is 0. The van der Waals surface area contributed by atoms with E-state index in [9.17, 15) is 4.39 Å². The van der Waals surface area contributed by atoms with Crippen molar-refractivity contribution < 1.29 is 13.9 Å². The lowest BCUT2D eigenvalue weighted by Crippen LogP contribution is -2.40. The van der Waals surface area contributed by atoms with Crippen LogP contribution in [0.1, 0.15) is 0 Å². The minimum atomic E-state index is -0.394. The second kappa shape index (κ2) is 5.20. The van der Waals surface area contributed by atoms with Crippen molar-refractivity contribution in [3.63, 3.8) is 0 Å². The summed E-state index contributed by atoms with van der Waals surface area (Å²) in [6, 6.07) is 2.81. The Morgan fingerprint density at radius 2 is 2.12 bits per heavy atom. The van der Waals surface area contributed by atoms with Crippen LogP contribution >= 0.6 is 0 Å².